The number of aromatic nitrogens is 1. The largest absolute Gasteiger partial charge is 0.461 e. The second kappa shape index (κ2) is 6.79. The number of pyridine rings is 1. The van der Waals surface area contributed by atoms with Crippen LogP contribution in [-0.2, 0) is 16.0 Å². The van der Waals surface area contributed by atoms with Gasteiger partial charge in [-0.25, -0.2) is 9.78 Å². The third-order valence-electron chi connectivity index (χ3n) is 3.72. The smallest absolute Gasteiger partial charge is 0.341 e. The molecule has 23 heavy (non-hydrogen) atoms. The van der Waals surface area contributed by atoms with E-state index in [2.05, 4.69) is 4.98 Å². The Morgan fingerprint density at radius 3 is 2.87 bits per heavy atom. The Kier molecular flexibility index (Phi) is 4.57. The van der Waals surface area contributed by atoms with Gasteiger partial charge in [0.25, 0.3) is 0 Å². The van der Waals surface area contributed by atoms with Crippen LogP contribution in [0.1, 0.15) is 22.3 Å². The predicted molar refractivity (Wildman–Crippen MR) is 86.6 cm³/mol. The topological polar surface area (TPSA) is 59.5 Å². The van der Waals surface area contributed by atoms with Gasteiger partial charge in [-0.3, -0.25) is 4.79 Å². The second-order valence-electron chi connectivity index (χ2n) is 5.15. The van der Waals surface area contributed by atoms with Crippen molar-refractivity contribution in [2.45, 2.75) is 12.8 Å². The second-order valence-corrected chi connectivity index (χ2v) is 5.51. The van der Waals surface area contributed by atoms with Gasteiger partial charge in [-0.05, 0) is 30.2 Å². The first-order valence-electron chi connectivity index (χ1n) is 7.33. The fourth-order valence-corrected chi connectivity index (χ4v) is 2.78. The van der Waals surface area contributed by atoms with E-state index in [0.717, 1.165) is 12.1 Å². The number of fused-ring (bicyclic) bond motifs is 1. The number of hydrogen-bond acceptors (Lipinski definition) is 4. The van der Waals surface area contributed by atoms with Crippen LogP contribution in [0, 0.1) is 0 Å². The quantitative estimate of drug-likeness (QED) is 0.639. The SMILES string of the molecule is O=C(OCCC(=O)N1CCc2ccccc21)c1cccnc1Cl. The molecule has 2 aromatic rings. The minimum Gasteiger partial charge on any atom is -0.461 e. The molecule has 2 heterocycles. The van der Waals surface area contributed by atoms with E-state index >= 15 is 0 Å². The summed E-state index contributed by atoms with van der Waals surface area (Å²) in [5.74, 6) is -0.627. The summed E-state index contributed by atoms with van der Waals surface area (Å²) < 4.78 is 5.12. The molecule has 0 radical (unpaired) electrons. The zero-order chi connectivity index (χ0) is 16.2. The molecule has 1 amide bonds. The van der Waals surface area contributed by atoms with Crippen LogP contribution < -0.4 is 4.90 Å². The predicted octanol–water partition coefficient (Wildman–Crippen LogP) is 2.87. The Balaban J connectivity index is 1.55. The Labute approximate surface area is 138 Å². The number of carbonyl (C=O) groups excluding carboxylic acids is 2. The highest BCUT2D eigenvalue weighted by Crippen LogP contribution is 2.27. The molecule has 1 aliphatic rings. The Hall–Kier alpha value is -2.40. The lowest BCUT2D eigenvalue weighted by Gasteiger charge is -2.17. The minimum absolute atomic E-state index is 0.0154. The lowest BCUT2D eigenvalue weighted by Crippen LogP contribution is -2.30. The summed E-state index contributed by atoms with van der Waals surface area (Å²) >= 11 is 5.83. The highest BCUT2D eigenvalue weighted by Gasteiger charge is 2.24. The summed E-state index contributed by atoms with van der Waals surface area (Å²) in [6, 6.07) is 11.0. The van der Waals surface area contributed by atoms with Crippen LogP contribution in [-0.4, -0.2) is 30.0 Å². The van der Waals surface area contributed by atoms with Crippen molar-refractivity contribution in [2.24, 2.45) is 0 Å². The third kappa shape index (κ3) is 3.35. The summed E-state index contributed by atoms with van der Waals surface area (Å²) in [4.78, 5) is 29.7. The molecular formula is C17H15ClN2O3. The van der Waals surface area contributed by atoms with E-state index in [4.69, 9.17) is 16.3 Å². The molecule has 0 aliphatic carbocycles. The van der Waals surface area contributed by atoms with E-state index in [1.165, 1.54) is 17.8 Å². The number of amides is 1. The molecule has 0 atom stereocenters. The molecule has 0 N–H and O–H groups in total. The molecule has 118 valence electrons. The number of esters is 1. The molecule has 0 saturated carbocycles. The van der Waals surface area contributed by atoms with Crippen LogP contribution in [0.25, 0.3) is 0 Å². The first-order valence-corrected chi connectivity index (χ1v) is 7.70. The summed E-state index contributed by atoms with van der Waals surface area (Å²) in [5.41, 5.74) is 2.31. The van der Waals surface area contributed by atoms with Gasteiger partial charge < -0.3 is 9.64 Å². The zero-order valence-electron chi connectivity index (χ0n) is 12.4. The van der Waals surface area contributed by atoms with Crippen molar-refractivity contribution in [3.05, 3.63) is 58.9 Å². The molecule has 1 aliphatic heterocycles. The van der Waals surface area contributed by atoms with Gasteiger partial charge >= 0.3 is 5.97 Å². The number of hydrogen-bond donors (Lipinski definition) is 0. The van der Waals surface area contributed by atoms with Gasteiger partial charge in [0.1, 0.15) is 11.8 Å². The van der Waals surface area contributed by atoms with Crippen molar-refractivity contribution in [3.8, 4) is 0 Å². The highest BCUT2D eigenvalue weighted by atomic mass is 35.5. The molecule has 0 spiro atoms. The Bertz CT molecular complexity index is 748. The van der Waals surface area contributed by atoms with Crippen LogP contribution in [0.2, 0.25) is 5.15 Å². The molecular weight excluding hydrogens is 316 g/mol. The normalized spacial score (nSPS) is 12.8. The van der Waals surface area contributed by atoms with E-state index in [1.807, 2.05) is 24.3 Å². The lowest BCUT2D eigenvalue weighted by molar-refractivity contribution is -0.119. The number of halogens is 1. The number of benzene rings is 1. The summed E-state index contributed by atoms with van der Waals surface area (Å²) in [6.45, 7) is 0.683. The van der Waals surface area contributed by atoms with Gasteiger partial charge in [0.05, 0.1) is 12.0 Å². The maximum Gasteiger partial charge on any atom is 0.341 e. The van der Waals surface area contributed by atoms with E-state index in [9.17, 15) is 9.59 Å². The van der Waals surface area contributed by atoms with E-state index in [1.54, 1.807) is 11.0 Å². The van der Waals surface area contributed by atoms with Gasteiger partial charge in [-0.15, -0.1) is 0 Å². The van der Waals surface area contributed by atoms with Crippen molar-refractivity contribution in [1.29, 1.82) is 0 Å². The van der Waals surface area contributed by atoms with E-state index in [0.29, 0.717) is 6.54 Å². The number of para-hydroxylation sites is 1. The van der Waals surface area contributed by atoms with Crippen LogP contribution in [0.3, 0.4) is 0 Å². The summed E-state index contributed by atoms with van der Waals surface area (Å²) in [5, 5.41) is 0.0947. The summed E-state index contributed by atoms with van der Waals surface area (Å²) in [6.07, 6.45) is 2.48. The van der Waals surface area contributed by atoms with E-state index < -0.39 is 5.97 Å². The Morgan fingerprint density at radius 1 is 1.22 bits per heavy atom. The zero-order valence-corrected chi connectivity index (χ0v) is 13.1. The first kappa shape index (κ1) is 15.5. The fourth-order valence-electron chi connectivity index (χ4n) is 2.58. The molecule has 1 aromatic carbocycles. The van der Waals surface area contributed by atoms with Gasteiger partial charge in [0, 0.05) is 18.4 Å². The number of anilines is 1. The maximum atomic E-state index is 12.3. The van der Waals surface area contributed by atoms with Crippen LogP contribution in [0.15, 0.2) is 42.6 Å². The van der Waals surface area contributed by atoms with Crippen LogP contribution in [0.4, 0.5) is 5.69 Å². The van der Waals surface area contributed by atoms with Crippen molar-refractivity contribution in [3.63, 3.8) is 0 Å². The third-order valence-corrected chi connectivity index (χ3v) is 4.02. The number of rotatable bonds is 4. The average Bonchev–Trinajstić information content (AvgIpc) is 2.99. The molecule has 0 bridgehead atoms. The Morgan fingerprint density at radius 2 is 2.04 bits per heavy atom. The van der Waals surface area contributed by atoms with Crippen molar-refractivity contribution in [1.82, 2.24) is 4.98 Å². The monoisotopic (exact) mass is 330 g/mol. The highest BCUT2D eigenvalue weighted by molar-refractivity contribution is 6.32. The van der Waals surface area contributed by atoms with E-state index in [-0.39, 0.29) is 29.7 Å². The minimum atomic E-state index is -0.572. The van der Waals surface area contributed by atoms with Crippen molar-refractivity contribution in [2.75, 3.05) is 18.1 Å². The number of ether oxygens (including phenoxy) is 1. The van der Waals surface area contributed by atoms with Crippen molar-refractivity contribution < 1.29 is 14.3 Å². The van der Waals surface area contributed by atoms with Gasteiger partial charge in [0.15, 0.2) is 0 Å². The standard InChI is InChI=1S/C17H15ClN2O3/c18-16-13(5-3-9-19-16)17(22)23-11-8-15(21)20-10-7-12-4-1-2-6-14(12)20/h1-6,9H,7-8,10-11H2. The molecule has 6 heteroatoms. The molecule has 0 saturated heterocycles. The molecule has 0 unspecified atom stereocenters. The van der Waals surface area contributed by atoms with Gasteiger partial charge in [0.2, 0.25) is 5.91 Å². The van der Waals surface area contributed by atoms with Crippen molar-refractivity contribution >= 4 is 29.2 Å². The molecule has 3 rings (SSSR count). The lowest BCUT2D eigenvalue weighted by atomic mass is 10.2. The van der Waals surface area contributed by atoms with Crippen LogP contribution in [0.5, 0.6) is 0 Å². The fraction of sp³-hybridized carbons (Fsp3) is 0.235. The molecule has 1 aromatic heterocycles. The molecule has 0 fully saturated rings. The maximum absolute atomic E-state index is 12.3. The van der Waals surface area contributed by atoms with Gasteiger partial charge in [-0.1, -0.05) is 29.8 Å². The average molecular weight is 331 g/mol. The van der Waals surface area contributed by atoms with Crippen LogP contribution >= 0.6 is 11.6 Å². The number of carbonyl (C=O) groups is 2. The summed E-state index contributed by atoms with van der Waals surface area (Å²) in [7, 11) is 0. The molecule has 5 nitrogen and oxygen atoms in total. The first-order chi connectivity index (χ1) is 11.2. The van der Waals surface area contributed by atoms with Gasteiger partial charge in [-0.2, -0.15) is 0 Å². The number of nitrogens with zero attached hydrogens (tertiary/aromatic N) is 2.